The van der Waals surface area contributed by atoms with E-state index >= 15 is 0 Å². The fourth-order valence-electron chi connectivity index (χ4n) is 1.12. The molecule has 0 aliphatic carbocycles. The first-order chi connectivity index (χ1) is 8.22. The van der Waals surface area contributed by atoms with Gasteiger partial charge in [-0.05, 0) is 15.9 Å². The van der Waals surface area contributed by atoms with Crippen LogP contribution >= 0.6 is 15.9 Å². The molecule has 6 heteroatoms. The number of benzene rings is 1. The van der Waals surface area contributed by atoms with E-state index in [1.54, 1.807) is 33.5 Å². The highest BCUT2D eigenvalue weighted by Crippen LogP contribution is 2.38. The van der Waals surface area contributed by atoms with Crippen molar-refractivity contribution in [3.8, 4) is 17.2 Å². The fraction of sp³-hybridized carbons (Fsp3) is 0.455. The molecule has 0 radical (unpaired) electrons. The van der Waals surface area contributed by atoms with Crippen molar-refractivity contribution >= 4 is 15.9 Å². The van der Waals surface area contributed by atoms with Gasteiger partial charge >= 0.3 is 0 Å². The first kappa shape index (κ1) is 14.1. The van der Waals surface area contributed by atoms with Crippen molar-refractivity contribution in [1.82, 2.24) is 0 Å². The summed E-state index contributed by atoms with van der Waals surface area (Å²) in [5.41, 5.74) is 0. The Hall–Kier alpha value is -0.980. The Morgan fingerprint density at radius 2 is 1.41 bits per heavy atom. The molecule has 17 heavy (non-hydrogen) atoms. The molecule has 0 saturated heterocycles. The summed E-state index contributed by atoms with van der Waals surface area (Å²) in [7, 11) is 4.68. The van der Waals surface area contributed by atoms with Gasteiger partial charge in [0.1, 0.15) is 21.7 Å². The average Bonchev–Trinajstić information content (AvgIpc) is 2.36. The van der Waals surface area contributed by atoms with Crippen molar-refractivity contribution in [2.45, 2.75) is 0 Å². The van der Waals surface area contributed by atoms with Crippen LogP contribution in [-0.4, -0.2) is 34.9 Å². The Balaban J connectivity index is 2.94. The summed E-state index contributed by atoms with van der Waals surface area (Å²) in [6, 6.07) is 3.48. The molecule has 0 spiro atoms. The maximum atomic E-state index is 5.38. The fourth-order valence-corrected chi connectivity index (χ4v) is 1.58. The molecule has 0 N–H and O–H groups in total. The third-order valence-corrected chi connectivity index (χ3v) is 2.66. The molecule has 0 fully saturated rings. The molecule has 0 aliphatic rings. The Morgan fingerprint density at radius 1 is 0.941 bits per heavy atom. The summed E-state index contributed by atoms with van der Waals surface area (Å²) in [6.45, 7) is 0.297. The van der Waals surface area contributed by atoms with Gasteiger partial charge in [-0.3, -0.25) is 0 Å². The normalized spacial score (nSPS) is 10.1. The molecule has 0 atom stereocenters. The molecular weight excluding hydrogens is 292 g/mol. The third-order valence-electron chi connectivity index (χ3n) is 1.88. The van der Waals surface area contributed by atoms with Gasteiger partial charge < -0.3 is 23.7 Å². The van der Waals surface area contributed by atoms with Gasteiger partial charge in [0.25, 0.3) is 0 Å². The van der Waals surface area contributed by atoms with Crippen LogP contribution in [0.3, 0.4) is 0 Å². The van der Waals surface area contributed by atoms with E-state index in [9.17, 15) is 0 Å². The van der Waals surface area contributed by atoms with Crippen molar-refractivity contribution in [1.29, 1.82) is 0 Å². The largest absolute Gasteiger partial charge is 0.496 e. The minimum absolute atomic E-state index is 0.148. The Morgan fingerprint density at radius 3 is 1.76 bits per heavy atom. The molecule has 0 unspecified atom stereocenters. The molecular formula is C11H15BrO5. The number of halogens is 1. The van der Waals surface area contributed by atoms with Crippen LogP contribution in [0.25, 0.3) is 0 Å². The summed E-state index contributed by atoms with van der Waals surface area (Å²) >= 11 is 3.39. The highest BCUT2D eigenvalue weighted by molar-refractivity contribution is 9.10. The van der Waals surface area contributed by atoms with Crippen molar-refractivity contribution in [3.05, 3.63) is 16.6 Å². The molecule has 0 aliphatic heterocycles. The van der Waals surface area contributed by atoms with Gasteiger partial charge in [0.15, 0.2) is 13.6 Å². The van der Waals surface area contributed by atoms with Crippen LogP contribution in [0.1, 0.15) is 0 Å². The lowest BCUT2D eigenvalue weighted by Gasteiger charge is -2.13. The van der Waals surface area contributed by atoms with E-state index < -0.39 is 0 Å². The zero-order chi connectivity index (χ0) is 12.7. The second-order valence-corrected chi connectivity index (χ2v) is 3.83. The van der Waals surface area contributed by atoms with E-state index in [1.165, 1.54) is 0 Å². The molecule has 96 valence electrons. The molecule has 0 bridgehead atoms. The Bertz CT molecular complexity index is 327. The molecule has 0 saturated carbocycles. The first-order valence-electron chi connectivity index (χ1n) is 4.84. The van der Waals surface area contributed by atoms with Gasteiger partial charge in [-0.25, -0.2) is 0 Å². The maximum Gasteiger partial charge on any atom is 0.188 e. The highest BCUT2D eigenvalue weighted by Gasteiger charge is 2.11. The van der Waals surface area contributed by atoms with Crippen LogP contribution in [0.5, 0.6) is 17.2 Å². The number of rotatable bonds is 7. The van der Waals surface area contributed by atoms with Crippen LogP contribution in [0.2, 0.25) is 0 Å². The van der Waals surface area contributed by atoms with Gasteiger partial charge in [-0.1, -0.05) is 0 Å². The molecule has 5 nitrogen and oxygen atoms in total. The van der Waals surface area contributed by atoms with Crippen molar-refractivity contribution in [3.63, 3.8) is 0 Å². The summed E-state index contributed by atoms with van der Waals surface area (Å²) in [5, 5.41) is 0. The predicted octanol–water partition coefficient (Wildman–Crippen LogP) is 2.42. The van der Waals surface area contributed by atoms with Crippen molar-refractivity contribution in [2.24, 2.45) is 0 Å². The monoisotopic (exact) mass is 306 g/mol. The minimum Gasteiger partial charge on any atom is -0.496 e. The number of hydrogen-bond donors (Lipinski definition) is 0. The van der Waals surface area contributed by atoms with Crippen molar-refractivity contribution in [2.75, 3.05) is 34.9 Å². The highest BCUT2D eigenvalue weighted by atomic mass is 79.9. The van der Waals surface area contributed by atoms with E-state index in [1.807, 2.05) is 0 Å². The minimum atomic E-state index is 0.148. The maximum absolute atomic E-state index is 5.38. The van der Waals surface area contributed by atoms with Gasteiger partial charge in [-0.15, -0.1) is 0 Å². The Labute approximate surface area is 109 Å². The molecule has 1 aromatic rings. The summed E-state index contributed by atoms with van der Waals surface area (Å²) in [6.07, 6.45) is 0. The van der Waals surface area contributed by atoms with Crippen molar-refractivity contribution < 1.29 is 23.7 Å². The number of hydrogen-bond acceptors (Lipinski definition) is 5. The summed E-state index contributed by atoms with van der Waals surface area (Å²) < 4.78 is 26.3. The summed E-state index contributed by atoms with van der Waals surface area (Å²) in [4.78, 5) is 0. The van der Waals surface area contributed by atoms with E-state index in [-0.39, 0.29) is 13.6 Å². The quantitative estimate of drug-likeness (QED) is 0.724. The smallest absolute Gasteiger partial charge is 0.188 e. The van der Waals surface area contributed by atoms with Crippen LogP contribution in [0.15, 0.2) is 16.6 Å². The van der Waals surface area contributed by atoms with E-state index in [2.05, 4.69) is 15.9 Å². The van der Waals surface area contributed by atoms with Crippen LogP contribution in [-0.2, 0) is 9.47 Å². The zero-order valence-corrected chi connectivity index (χ0v) is 11.6. The average molecular weight is 307 g/mol. The lowest BCUT2D eigenvalue weighted by Crippen LogP contribution is -2.03. The molecule has 0 heterocycles. The van der Waals surface area contributed by atoms with Crippen LogP contribution in [0.4, 0.5) is 0 Å². The molecule has 1 rings (SSSR count). The molecule has 0 aromatic heterocycles. The number of ether oxygens (including phenoxy) is 5. The lowest BCUT2D eigenvalue weighted by atomic mass is 10.3. The number of methoxy groups -OCH3 is 3. The van der Waals surface area contributed by atoms with Gasteiger partial charge in [0.05, 0.1) is 7.11 Å². The second-order valence-electron chi connectivity index (χ2n) is 3.04. The van der Waals surface area contributed by atoms with Crippen LogP contribution in [0, 0.1) is 0 Å². The predicted molar refractivity (Wildman–Crippen MR) is 65.7 cm³/mol. The standard InChI is InChI=1S/C11H15BrO5/c1-13-6-16-9-4-8(15-3)5-10(11(9)12)17-7-14-2/h4-5H,6-7H2,1-3H3. The first-order valence-corrected chi connectivity index (χ1v) is 5.63. The second kappa shape index (κ2) is 7.37. The van der Waals surface area contributed by atoms with Gasteiger partial charge in [0.2, 0.25) is 0 Å². The molecule has 0 amide bonds. The topological polar surface area (TPSA) is 46.2 Å². The summed E-state index contributed by atoms with van der Waals surface area (Å²) in [5.74, 6) is 1.79. The third kappa shape index (κ3) is 4.07. The lowest BCUT2D eigenvalue weighted by molar-refractivity contribution is 0.0447. The Kier molecular flexibility index (Phi) is 6.10. The SMILES string of the molecule is COCOc1cc(OC)cc(OCOC)c1Br. The zero-order valence-electron chi connectivity index (χ0n) is 9.99. The van der Waals surface area contributed by atoms with Gasteiger partial charge in [0, 0.05) is 26.4 Å². The van der Waals surface area contributed by atoms with E-state index in [4.69, 9.17) is 23.7 Å². The molecule has 1 aromatic carbocycles. The van der Waals surface area contributed by atoms with Crippen LogP contribution < -0.4 is 14.2 Å². The van der Waals surface area contributed by atoms with E-state index in [0.29, 0.717) is 21.7 Å². The van der Waals surface area contributed by atoms with Gasteiger partial charge in [-0.2, -0.15) is 0 Å². The van der Waals surface area contributed by atoms with E-state index in [0.717, 1.165) is 0 Å².